The van der Waals surface area contributed by atoms with E-state index in [1.54, 1.807) is 7.11 Å². The summed E-state index contributed by atoms with van der Waals surface area (Å²) in [6.07, 6.45) is 5.97. The summed E-state index contributed by atoms with van der Waals surface area (Å²) in [5.41, 5.74) is 0. The number of thioether (sulfide) groups is 1. The molecule has 0 spiro atoms. The zero-order valence-electron chi connectivity index (χ0n) is 13.0. The number of aliphatic imine (C=N–C) groups is 1. The van der Waals surface area contributed by atoms with Crippen LogP contribution < -0.4 is 10.6 Å². The summed E-state index contributed by atoms with van der Waals surface area (Å²) >= 11 is 1.97. The SMILES string of the molecule is CCNC(=NCCOCCOC)NC1CCC(SC)C1. The third-order valence-corrected chi connectivity index (χ3v) is 4.44. The van der Waals surface area contributed by atoms with E-state index in [9.17, 15) is 0 Å². The van der Waals surface area contributed by atoms with Gasteiger partial charge in [0.2, 0.25) is 0 Å². The summed E-state index contributed by atoms with van der Waals surface area (Å²) in [6, 6.07) is 0.555. The van der Waals surface area contributed by atoms with E-state index in [1.165, 1.54) is 19.3 Å². The number of guanidine groups is 1. The normalized spacial score (nSPS) is 23.1. The van der Waals surface area contributed by atoms with Gasteiger partial charge in [-0.15, -0.1) is 0 Å². The van der Waals surface area contributed by atoms with Crippen molar-refractivity contribution in [2.75, 3.05) is 46.3 Å². The van der Waals surface area contributed by atoms with Gasteiger partial charge in [-0.05, 0) is 32.4 Å². The van der Waals surface area contributed by atoms with Crippen molar-refractivity contribution >= 4 is 17.7 Å². The van der Waals surface area contributed by atoms with E-state index < -0.39 is 0 Å². The van der Waals surface area contributed by atoms with Crippen molar-refractivity contribution < 1.29 is 9.47 Å². The molecule has 1 aliphatic carbocycles. The van der Waals surface area contributed by atoms with Crippen molar-refractivity contribution in [1.29, 1.82) is 0 Å². The summed E-state index contributed by atoms with van der Waals surface area (Å²) in [6.45, 7) is 5.56. The average Bonchev–Trinajstić information content (AvgIpc) is 2.90. The molecule has 2 unspecified atom stereocenters. The second kappa shape index (κ2) is 11.2. The minimum absolute atomic E-state index is 0.555. The monoisotopic (exact) mass is 303 g/mol. The summed E-state index contributed by atoms with van der Waals surface area (Å²) in [5.74, 6) is 0.912. The van der Waals surface area contributed by atoms with Gasteiger partial charge in [0.1, 0.15) is 0 Å². The Morgan fingerprint density at radius 2 is 2.15 bits per heavy atom. The van der Waals surface area contributed by atoms with Crippen LogP contribution in [-0.4, -0.2) is 63.5 Å². The maximum Gasteiger partial charge on any atom is 0.191 e. The Morgan fingerprint density at radius 3 is 2.80 bits per heavy atom. The highest BCUT2D eigenvalue weighted by Crippen LogP contribution is 2.27. The maximum atomic E-state index is 5.42. The van der Waals surface area contributed by atoms with Gasteiger partial charge >= 0.3 is 0 Å². The average molecular weight is 303 g/mol. The van der Waals surface area contributed by atoms with Crippen molar-refractivity contribution in [3.63, 3.8) is 0 Å². The predicted octanol–water partition coefficient (Wildman–Crippen LogP) is 1.49. The summed E-state index contributed by atoms with van der Waals surface area (Å²) < 4.78 is 10.3. The molecule has 0 aliphatic heterocycles. The van der Waals surface area contributed by atoms with Crippen LogP contribution in [-0.2, 0) is 9.47 Å². The van der Waals surface area contributed by atoms with Gasteiger partial charge in [0.25, 0.3) is 0 Å². The van der Waals surface area contributed by atoms with Crippen molar-refractivity contribution in [2.45, 2.75) is 37.5 Å². The number of nitrogens with zero attached hydrogens (tertiary/aromatic N) is 1. The van der Waals surface area contributed by atoms with Crippen molar-refractivity contribution in [3.05, 3.63) is 0 Å². The lowest BCUT2D eigenvalue weighted by Crippen LogP contribution is -2.42. The number of methoxy groups -OCH3 is 1. The van der Waals surface area contributed by atoms with Gasteiger partial charge in [-0.3, -0.25) is 4.99 Å². The molecule has 5 nitrogen and oxygen atoms in total. The molecule has 0 aromatic rings. The third-order valence-electron chi connectivity index (χ3n) is 3.34. The molecule has 1 saturated carbocycles. The van der Waals surface area contributed by atoms with E-state index in [0.29, 0.717) is 32.4 Å². The van der Waals surface area contributed by atoms with Crippen LogP contribution >= 0.6 is 11.8 Å². The van der Waals surface area contributed by atoms with Gasteiger partial charge in [0.15, 0.2) is 5.96 Å². The number of hydrogen-bond acceptors (Lipinski definition) is 4. The van der Waals surface area contributed by atoms with E-state index in [4.69, 9.17) is 9.47 Å². The quantitative estimate of drug-likeness (QED) is 0.384. The second-order valence-corrected chi connectivity index (χ2v) is 6.02. The lowest BCUT2D eigenvalue weighted by Gasteiger charge is -2.17. The van der Waals surface area contributed by atoms with Crippen LogP contribution in [0.15, 0.2) is 4.99 Å². The first-order chi connectivity index (χ1) is 9.80. The number of hydrogen-bond donors (Lipinski definition) is 2. The lowest BCUT2D eigenvalue weighted by atomic mass is 10.2. The third kappa shape index (κ3) is 7.36. The lowest BCUT2D eigenvalue weighted by molar-refractivity contribution is 0.0748. The van der Waals surface area contributed by atoms with Gasteiger partial charge < -0.3 is 20.1 Å². The molecule has 1 rings (SSSR count). The maximum absolute atomic E-state index is 5.42. The fourth-order valence-electron chi connectivity index (χ4n) is 2.26. The first kappa shape index (κ1) is 17.6. The zero-order chi connectivity index (χ0) is 14.6. The van der Waals surface area contributed by atoms with Crippen LogP contribution in [0.5, 0.6) is 0 Å². The molecule has 0 radical (unpaired) electrons. The van der Waals surface area contributed by atoms with Gasteiger partial charge in [0.05, 0.1) is 26.4 Å². The Morgan fingerprint density at radius 1 is 1.30 bits per heavy atom. The van der Waals surface area contributed by atoms with E-state index >= 15 is 0 Å². The zero-order valence-corrected chi connectivity index (χ0v) is 13.8. The summed E-state index contributed by atoms with van der Waals surface area (Å²) in [4.78, 5) is 4.55. The first-order valence-electron chi connectivity index (χ1n) is 7.44. The van der Waals surface area contributed by atoms with Crippen LogP contribution in [0, 0.1) is 0 Å². The van der Waals surface area contributed by atoms with Crippen LogP contribution in [0.25, 0.3) is 0 Å². The molecule has 1 aliphatic rings. The minimum Gasteiger partial charge on any atom is -0.382 e. The molecule has 118 valence electrons. The number of rotatable bonds is 9. The molecule has 2 atom stereocenters. The standard InChI is InChI=1S/C14H29N3O2S/c1-4-15-14(16-7-8-19-10-9-18-2)17-12-5-6-13(11-12)20-3/h12-13H,4-11H2,1-3H3,(H2,15,16,17). The first-order valence-corrected chi connectivity index (χ1v) is 8.73. The van der Waals surface area contributed by atoms with Crippen molar-refractivity contribution in [1.82, 2.24) is 10.6 Å². The van der Waals surface area contributed by atoms with Crippen molar-refractivity contribution in [3.8, 4) is 0 Å². The topological polar surface area (TPSA) is 54.9 Å². The molecule has 0 aromatic heterocycles. The predicted molar refractivity (Wildman–Crippen MR) is 86.8 cm³/mol. The highest BCUT2D eigenvalue weighted by atomic mass is 32.2. The Balaban J connectivity index is 2.24. The second-order valence-electron chi connectivity index (χ2n) is 4.88. The Labute approximate surface area is 127 Å². The fraction of sp³-hybridized carbons (Fsp3) is 0.929. The molecular weight excluding hydrogens is 274 g/mol. The minimum atomic E-state index is 0.555. The molecular formula is C14H29N3O2S. The molecule has 6 heteroatoms. The van der Waals surface area contributed by atoms with E-state index in [2.05, 4.69) is 28.8 Å². The molecule has 1 fully saturated rings. The van der Waals surface area contributed by atoms with Crippen LogP contribution in [0.3, 0.4) is 0 Å². The molecule has 20 heavy (non-hydrogen) atoms. The molecule has 0 amide bonds. The number of nitrogens with one attached hydrogen (secondary N) is 2. The smallest absolute Gasteiger partial charge is 0.191 e. The largest absolute Gasteiger partial charge is 0.382 e. The molecule has 0 bridgehead atoms. The molecule has 0 heterocycles. The Hall–Kier alpha value is -0.460. The van der Waals surface area contributed by atoms with E-state index in [1.807, 2.05) is 11.8 Å². The van der Waals surface area contributed by atoms with Gasteiger partial charge in [-0.1, -0.05) is 0 Å². The van der Waals surface area contributed by atoms with Crippen molar-refractivity contribution in [2.24, 2.45) is 4.99 Å². The van der Waals surface area contributed by atoms with Crippen LogP contribution in [0.2, 0.25) is 0 Å². The fourth-order valence-corrected chi connectivity index (χ4v) is 3.06. The molecule has 2 N–H and O–H groups in total. The number of ether oxygens (including phenoxy) is 2. The van der Waals surface area contributed by atoms with Gasteiger partial charge in [-0.2, -0.15) is 11.8 Å². The molecule has 0 saturated heterocycles. The van der Waals surface area contributed by atoms with E-state index in [0.717, 1.165) is 17.8 Å². The Bertz CT molecular complexity index is 277. The highest BCUT2D eigenvalue weighted by Gasteiger charge is 2.24. The van der Waals surface area contributed by atoms with E-state index in [-0.39, 0.29) is 0 Å². The van der Waals surface area contributed by atoms with Gasteiger partial charge in [0, 0.05) is 24.9 Å². The molecule has 0 aromatic carbocycles. The Kier molecular flexibility index (Phi) is 9.87. The highest BCUT2D eigenvalue weighted by molar-refractivity contribution is 7.99. The van der Waals surface area contributed by atoms with Crippen LogP contribution in [0.1, 0.15) is 26.2 Å². The van der Waals surface area contributed by atoms with Crippen LogP contribution in [0.4, 0.5) is 0 Å². The van der Waals surface area contributed by atoms with Gasteiger partial charge in [-0.25, -0.2) is 0 Å². The summed E-state index contributed by atoms with van der Waals surface area (Å²) in [7, 11) is 1.68. The summed E-state index contributed by atoms with van der Waals surface area (Å²) in [5, 5.41) is 7.62.